The first-order valence-electron chi connectivity index (χ1n) is 8.73. The van der Waals surface area contributed by atoms with E-state index >= 15 is 0 Å². The molecule has 1 heterocycles. The second-order valence-electron chi connectivity index (χ2n) is 6.75. The number of halogens is 1. The molecule has 1 aromatic carbocycles. The minimum Gasteiger partial charge on any atom is -0.379 e. The third-order valence-electron chi connectivity index (χ3n) is 4.30. The van der Waals surface area contributed by atoms with Crippen molar-refractivity contribution in [2.24, 2.45) is 4.99 Å². The first-order valence-corrected chi connectivity index (χ1v) is 8.73. The smallest absolute Gasteiger partial charge is 0.243 e. The number of nitrogens with one attached hydrogen (secondary N) is 3. The van der Waals surface area contributed by atoms with E-state index in [1.807, 2.05) is 0 Å². The Bertz CT molecular complexity index is 630. The molecule has 1 saturated heterocycles. The average Bonchev–Trinajstić information content (AvgIpc) is 2.62. The fourth-order valence-electron chi connectivity index (χ4n) is 2.74. The molecule has 144 valence electrons. The molecule has 7 nitrogen and oxygen atoms in total. The average molecular weight is 365 g/mol. The highest BCUT2D eigenvalue weighted by molar-refractivity contribution is 5.94. The lowest BCUT2D eigenvalue weighted by Crippen LogP contribution is -2.56. The van der Waals surface area contributed by atoms with Crippen LogP contribution in [0.5, 0.6) is 0 Å². The number of carbonyl (C=O) groups excluding carboxylic acids is 1. The lowest BCUT2D eigenvalue weighted by molar-refractivity contribution is -0.115. The zero-order valence-corrected chi connectivity index (χ0v) is 15.6. The molecule has 26 heavy (non-hydrogen) atoms. The summed E-state index contributed by atoms with van der Waals surface area (Å²) in [4.78, 5) is 18.5. The van der Waals surface area contributed by atoms with E-state index in [0.29, 0.717) is 18.2 Å². The van der Waals surface area contributed by atoms with E-state index < -0.39 is 5.82 Å². The van der Waals surface area contributed by atoms with Gasteiger partial charge in [-0.05, 0) is 32.0 Å². The molecule has 0 aliphatic carbocycles. The Labute approximate surface area is 154 Å². The number of amides is 1. The molecule has 0 bridgehead atoms. The van der Waals surface area contributed by atoms with E-state index in [1.165, 1.54) is 12.1 Å². The van der Waals surface area contributed by atoms with Crippen molar-refractivity contribution in [1.82, 2.24) is 15.5 Å². The largest absolute Gasteiger partial charge is 0.379 e. The highest BCUT2D eigenvalue weighted by Crippen LogP contribution is 2.15. The number of anilines is 1. The summed E-state index contributed by atoms with van der Waals surface area (Å²) in [5.74, 6) is -0.120. The van der Waals surface area contributed by atoms with Gasteiger partial charge in [0.1, 0.15) is 5.82 Å². The molecule has 0 radical (unpaired) electrons. The number of rotatable bonds is 6. The Morgan fingerprint density at radius 2 is 2.04 bits per heavy atom. The first-order chi connectivity index (χ1) is 12.4. The van der Waals surface area contributed by atoms with Crippen LogP contribution >= 0.6 is 0 Å². The Morgan fingerprint density at radius 1 is 1.31 bits per heavy atom. The molecule has 1 aliphatic rings. The van der Waals surface area contributed by atoms with Crippen LogP contribution in [-0.2, 0) is 9.53 Å². The zero-order chi connectivity index (χ0) is 19.0. The predicted octanol–water partition coefficient (Wildman–Crippen LogP) is 1.04. The van der Waals surface area contributed by atoms with Crippen molar-refractivity contribution < 1.29 is 13.9 Å². The summed E-state index contributed by atoms with van der Waals surface area (Å²) in [6.45, 7) is 8.33. The van der Waals surface area contributed by atoms with E-state index in [2.05, 4.69) is 39.7 Å². The Kier molecular flexibility index (Phi) is 7.35. The Hall–Kier alpha value is -2.19. The molecule has 3 N–H and O–H groups in total. The Balaban J connectivity index is 1.77. The predicted molar refractivity (Wildman–Crippen MR) is 101 cm³/mol. The monoisotopic (exact) mass is 365 g/mol. The van der Waals surface area contributed by atoms with Crippen LogP contribution in [0.2, 0.25) is 0 Å². The van der Waals surface area contributed by atoms with Crippen LogP contribution in [0.25, 0.3) is 0 Å². The standard InChI is InChI=1S/C18H28FN5O2/c1-18(2,24-7-9-26-10-8-24)13-22-17(20-3)21-12-16(25)23-15-6-4-5-14(19)11-15/h4-6,11H,7-10,12-13H2,1-3H3,(H,23,25)(H2,20,21,22). The molecule has 8 heteroatoms. The van der Waals surface area contributed by atoms with Gasteiger partial charge in [0, 0.05) is 37.9 Å². The number of aliphatic imine (C=N–C) groups is 1. The highest BCUT2D eigenvalue weighted by Gasteiger charge is 2.28. The summed E-state index contributed by atoms with van der Waals surface area (Å²) in [5.41, 5.74) is 0.360. The maximum Gasteiger partial charge on any atom is 0.243 e. The summed E-state index contributed by atoms with van der Waals surface area (Å²) >= 11 is 0. The first kappa shape index (κ1) is 20.1. The number of guanidine groups is 1. The molecule has 1 amide bonds. The molecule has 0 atom stereocenters. The van der Waals surface area contributed by atoms with Gasteiger partial charge in [0.25, 0.3) is 0 Å². The number of hydrogen-bond donors (Lipinski definition) is 3. The molecule has 1 aromatic rings. The summed E-state index contributed by atoms with van der Waals surface area (Å²) < 4.78 is 18.5. The van der Waals surface area contributed by atoms with Crippen molar-refractivity contribution in [3.8, 4) is 0 Å². The molecular weight excluding hydrogens is 337 g/mol. The minimum absolute atomic E-state index is 0.0359. The molecule has 1 fully saturated rings. The normalized spacial score (nSPS) is 16.2. The van der Waals surface area contributed by atoms with Crippen LogP contribution in [-0.4, -0.2) is 68.7 Å². The van der Waals surface area contributed by atoms with Gasteiger partial charge in [0.05, 0.1) is 19.8 Å². The van der Waals surface area contributed by atoms with Crippen molar-refractivity contribution in [3.63, 3.8) is 0 Å². The number of ether oxygens (including phenoxy) is 1. The van der Waals surface area contributed by atoms with E-state index in [-0.39, 0.29) is 18.0 Å². The van der Waals surface area contributed by atoms with Crippen LogP contribution in [0.1, 0.15) is 13.8 Å². The fourth-order valence-corrected chi connectivity index (χ4v) is 2.74. The maximum absolute atomic E-state index is 13.1. The Morgan fingerprint density at radius 3 is 2.69 bits per heavy atom. The van der Waals surface area contributed by atoms with Crippen molar-refractivity contribution in [3.05, 3.63) is 30.1 Å². The fraction of sp³-hybridized carbons (Fsp3) is 0.556. The third-order valence-corrected chi connectivity index (χ3v) is 4.30. The van der Waals surface area contributed by atoms with Crippen LogP contribution in [0.15, 0.2) is 29.3 Å². The number of hydrogen-bond acceptors (Lipinski definition) is 4. The van der Waals surface area contributed by atoms with E-state index in [0.717, 1.165) is 26.3 Å². The van der Waals surface area contributed by atoms with Gasteiger partial charge < -0.3 is 20.7 Å². The maximum atomic E-state index is 13.1. The van der Waals surface area contributed by atoms with E-state index in [4.69, 9.17) is 4.74 Å². The molecule has 2 rings (SSSR count). The molecule has 0 saturated carbocycles. The SMILES string of the molecule is CN=C(NCC(=O)Nc1cccc(F)c1)NCC(C)(C)N1CCOCC1. The summed E-state index contributed by atoms with van der Waals surface area (Å²) in [6.07, 6.45) is 0. The second-order valence-corrected chi connectivity index (χ2v) is 6.75. The summed E-state index contributed by atoms with van der Waals surface area (Å²) in [6, 6.07) is 5.79. The van der Waals surface area contributed by atoms with Crippen molar-refractivity contribution in [2.75, 3.05) is 51.8 Å². The van der Waals surface area contributed by atoms with Gasteiger partial charge >= 0.3 is 0 Å². The highest BCUT2D eigenvalue weighted by atomic mass is 19.1. The molecule has 0 spiro atoms. The topological polar surface area (TPSA) is 78.0 Å². The zero-order valence-electron chi connectivity index (χ0n) is 15.6. The van der Waals surface area contributed by atoms with Gasteiger partial charge in [-0.25, -0.2) is 4.39 Å². The summed E-state index contributed by atoms with van der Waals surface area (Å²) in [7, 11) is 1.65. The van der Waals surface area contributed by atoms with Gasteiger partial charge in [-0.15, -0.1) is 0 Å². The molecule has 1 aliphatic heterocycles. The van der Waals surface area contributed by atoms with Crippen LogP contribution in [0, 0.1) is 5.82 Å². The van der Waals surface area contributed by atoms with Crippen LogP contribution in [0.4, 0.5) is 10.1 Å². The van der Waals surface area contributed by atoms with Crippen LogP contribution < -0.4 is 16.0 Å². The third kappa shape index (κ3) is 6.27. The number of carbonyl (C=O) groups is 1. The van der Waals surface area contributed by atoms with Gasteiger partial charge in [0.2, 0.25) is 5.91 Å². The summed E-state index contributed by atoms with van der Waals surface area (Å²) in [5, 5.41) is 8.86. The molecule has 0 aromatic heterocycles. The number of benzene rings is 1. The van der Waals surface area contributed by atoms with Gasteiger partial charge in [-0.2, -0.15) is 0 Å². The lowest BCUT2D eigenvalue weighted by Gasteiger charge is -2.41. The van der Waals surface area contributed by atoms with Crippen molar-refractivity contribution in [1.29, 1.82) is 0 Å². The van der Waals surface area contributed by atoms with Crippen LogP contribution in [0.3, 0.4) is 0 Å². The second kappa shape index (κ2) is 9.49. The van der Waals surface area contributed by atoms with E-state index in [9.17, 15) is 9.18 Å². The lowest BCUT2D eigenvalue weighted by atomic mass is 10.0. The van der Waals surface area contributed by atoms with Gasteiger partial charge in [-0.1, -0.05) is 6.07 Å². The van der Waals surface area contributed by atoms with E-state index in [1.54, 1.807) is 19.2 Å². The molecule has 0 unspecified atom stereocenters. The van der Waals surface area contributed by atoms with Crippen molar-refractivity contribution >= 4 is 17.6 Å². The van der Waals surface area contributed by atoms with Crippen molar-refractivity contribution in [2.45, 2.75) is 19.4 Å². The minimum atomic E-state index is -0.390. The number of nitrogens with zero attached hydrogens (tertiary/aromatic N) is 2. The van der Waals surface area contributed by atoms with Gasteiger partial charge in [0.15, 0.2) is 5.96 Å². The number of morpholine rings is 1. The quantitative estimate of drug-likeness (QED) is 0.519. The van der Waals surface area contributed by atoms with Gasteiger partial charge in [-0.3, -0.25) is 14.7 Å². The molecular formula is C18H28FN5O2.